The fourth-order valence-corrected chi connectivity index (χ4v) is 6.56. The van der Waals surface area contributed by atoms with Crippen molar-refractivity contribution in [2.45, 2.75) is 37.1 Å². The number of hydrogen-bond acceptors (Lipinski definition) is 6. The highest BCUT2D eigenvalue weighted by Crippen LogP contribution is 2.27. The fraction of sp³-hybridized carbons (Fsp3) is 0.280. The highest BCUT2D eigenvalue weighted by Gasteiger charge is 2.28. The Labute approximate surface area is 206 Å². The molecule has 0 atom stereocenters. The maximum atomic E-state index is 13.6. The lowest BCUT2D eigenvalue weighted by Gasteiger charge is -2.24. The molecule has 0 spiro atoms. The second-order valence-electron chi connectivity index (χ2n) is 8.19. The van der Waals surface area contributed by atoms with Gasteiger partial charge in [0.1, 0.15) is 16.5 Å². The second kappa shape index (κ2) is 10.9. The van der Waals surface area contributed by atoms with Crippen LogP contribution in [0.4, 0.5) is 4.39 Å². The molecular weight excluding hydrogens is 493 g/mol. The molecule has 0 aliphatic carbocycles. The average molecular weight is 522 g/mol. The van der Waals surface area contributed by atoms with Crippen LogP contribution in [0.3, 0.4) is 0 Å². The highest BCUT2D eigenvalue weighted by molar-refractivity contribution is 7.89. The molecule has 0 radical (unpaired) electrons. The smallest absolute Gasteiger partial charge is 0.339 e. The first kappa shape index (κ1) is 26.8. The fourth-order valence-electron chi connectivity index (χ4n) is 3.81. The lowest BCUT2D eigenvalue weighted by Crippen LogP contribution is -2.34. The molecular formula is C25H28FNO6S2. The van der Waals surface area contributed by atoms with Gasteiger partial charge in [0.05, 0.1) is 11.5 Å². The predicted molar refractivity (Wildman–Crippen MR) is 131 cm³/mol. The summed E-state index contributed by atoms with van der Waals surface area (Å²) in [5.41, 5.74) is 2.95. The van der Waals surface area contributed by atoms with Crippen LogP contribution in [0.2, 0.25) is 0 Å². The van der Waals surface area contributed by atoms with Crippen molar-refractivity contribution in [3.05, 3.63) is 88.7 Å². The average Bonchev–Trinajstić information content (AvgIpc) is 2.76. The third kappa shape index (κ3) is 6.46. The Balaban J connectivity index is 1.84. The minimum atomic E-state index is -4.14. The summed E-state index contributed by atoms with van der Waals surface area (Å²) in [7, 11) is -6.47. The quantitative estimate of drug-likeness (QED) is 0.369. The standard InChI is InChI=1S/C25H28FNO6S2/c1-18-15-19(2)25(20(3)16-18)34(28,29)27(13-14-32-4)17-21-5-9-23(10-6-21)33-35(30,31)24-11-7-22(26)8-12-24/h5-12,15-16H,13-14,17H2,1-4H3. The molecule has 3 aromatic carbocycles. The molecule has 35 heavy (non-hydrogen) atoms. The summed E-state index contributed by atoms with van der Waals surface area (Å²) in [4.78, 5) is 0.0909. The Hall–Kier alpha value is -2.79. The van der Waals surface area contributed by atoms with Gasteiger partial charge in [0, 0.05) is 20.2 Å². The molecule has 7 nitrogen and oxygen atoms in total. The van der Waals surface area contributed by atoms with Crippen LogP contribution >= 0.6 is 0 Å². The third-order valence-corrected chi connectivity index (χ3v) is 8.75. The second-order valence-corrected chi connectivity index (χ2v) is 11.6. The van der Waals surface area contributed by atoms with E-state index in [1.807, 2.05) is 19.1 Å². The van der Waals surface area contributed by atoms with Crippen LogP contribution < -0.4 is 4.18 Å². The molecule has 0 amide bonds. The van der Waals surface area contributed by atoms with Gasteiger partial charge in [-0.15, -0.1) is 0 Å². The highest BCUT2D eigenvalue weighted by atomic mass is 32.2. The monoisotopic (exact) mass is 521 g/mol. The summed E-state index contributed by atoms with van der Waals surface area (Å²) < 4.78 is 76.7. The Morgan fingerprint density at radius 2 is 1.43 bits per heavy atom. The largest absolute Gasteiger partial charge is 0.383 e. The van der Waals surface area contributed by atoms with Crippen molar-refractivity contribution in [2.75, 3.05) is 20.3 Å². The van der Waals surface area contributed by atoms with E-state index in [-0.39, 0.29) is 35.2 Å². The van der Waals surface area contributed by atoms with Gasteiger partial charge >= 0.3 is 10.1 Å². The zero-order chi connectivity index (χ0) is 25.8. The summed E-state index contributed by atoms with van der Waals surface area (Å²) in [6.45, 7) is 5.87. The molecule has 0 unspecified atom stereocenters. The van der Waals surface area contributed by atoms with Crippen molar-refractivity contribution in [3.8, 4) is 5.75 Å². The van der Waals surface area contributed by atoms with E-state index < -0.39 is 26.0 Å². The Morgan fingerprint density at radius 3 is 1.97 bits per heavy atom. The number of rotatable bonds is 10. The van der Waals surface area contributed by atoms with Crippen molar-refractivity contribution in [1.29, 1.82) is 0 Å². The van der Waals surface area contributed by atoms with Crippen LogP contribution in [0, 0.1) is 26.6 Å². The van der Waals surface area contributed by atoms with Gasteiger partial charge in [-0.25, -0.2) is 12.8 Å². The van der Waals surface area contributed by atoms with E-state index in [0.717, 1.165) is 29.8 Å². The molecule has 0 aliphatic rings. The number of sulfonamides is 1. The van der Waals surface area contributed by atoms with E-state index in [1.165, 1.54) is 23.5 Å². The van der Waals surface area contributed by atoms with Crippen molar-refractivity contribution in [2.24, 2.45) is 0 Å². The molecule has 0 N–H and O–H groups in total. The van der Waals surface area contributed by atoms with Crippen molar-refractivity contribution < 1.29 is 30.1 Å². The van der Waals surface area contributed by atoms with E-state index in [2.05, 4.69) is 0 Å². The first-order valence-corrected chi connectivity index (χ1v) is 13.6. The van der Waals surface area contributed by atoms with Gasteiger partial charge in [-0.3, -0.25) is 0 Å². The van der Waals surface area contributed by atoms with Crippen LogP contribution in [0.25, 0.3) is 0 Å². The number of halogens is 1. The summed E-state index contributed by atoms with van der Waals surface area (Å²) in [6.07, 6.45) is 0. The van der Waals surface area contributed by atoms with Crippen LogP contribution in [0.15, 0.2) is 70.5 Å². The van der Waals surface area contributed by atoms with Crippen LogP contribution in [0.1, 0.15) is 22.3 Å². The summed E-state index contributed by atoms with van der Waals surface area (Å²) in [6, 6.07) is 14.1. The van der Waals surface area contributed by atoms with E-state index in [4.69, 9.17) is 8.92 Å². The van der Waals surface area contributed by atoms with Gasteiger partial charge in [-0.05, 0) is 73.9 Å². The SMILES string of the molecule is COCCN(Cc1ccc(OS(=O)(=O)c2ccc(F)cc2)cc1)S(=O)(=O)c1c(C)cc(C)cc1C. The van der Waals surface area contributed by atoms with Crippen LogP contribution in [0.5, 0.6) is 5.75 Å². The van der Waals surface area contributed by atoms with Gasteiger partial charge in [0.15, 0.2) is 0 Å². The Bertz CT molecular complexity index is 1360. The molecule has 0 aromatic heterocycles. The number of methoxy groups -OCH3 is 1. The van der Waals surface area contributed by atoms with Gasteiger partial charge in [-0.2, -0.15) is 12.7 Å². The number of ether oxygens (including phenoxy) is 1. The molecule has 3 aromatic rings. The molecule has 0 saturated carbocycles. The molecule has 188 valence electrons. The van der Waals surface area contributed by atoms with Crippen molar-refractivity contribution in [1.82, 2.24) is 4.31 Å². The topological polar surface area (TPSA) is 90.0 Å². The minimum absolute atomic E-state index is 0.0506. The first-order chi connectivity index (χ1) is 16.4. The maximum absolute atomic E-state index is 13.6. The third-order valence-electron chi connectivity index (χ3n) is 5.34. The molecule has 3 rings (SSSR count). The molecule has 10 heteroatoms. The number of hydrogen-bond donors (Lipinski definition) is 0. The van der Waals surface area contributed by atoms with Crippen LogP contribution in [-0.4, -0.2) is 41.4 Å². The van der Waals surface area contributed by atoms with E-state index >= 15 is 0 Å². The van der Waals surface area contributed by atoms with E-state index in [1.54, 1.807) is 26.0 Å². The lowest BCUT2D eigenvalue weighted by molar-refractivity contribution is 0.177. The van der Waals surface area contributed by atoms with Crippen molar-refractivity contribution >= 4 is 20.1 Å². The summed E-state index contributed by atoms with van der Waals surface area (Å²) in [5.74, 6) is -0.507. The normalized spacial score (nSPS) is 12.2. The minimum Gasteiger partial charge on any atom is -0.383 e. The molecule has 0 saturated heterocycles. The predicted octanol–water partition coefficient (Wildman–Crippen LogP) is 4.36. The first-order valence-electron chi connectivity index (χ1n) is 10.8. The molecule has 0 aliphatic heterocycles. The molecule has 0 heterocycles. The zero-order valence-electron chi connectivity index (χ0n) is 20.0. The molecule has 0 bridgehead atoms. The van der Waals surface area contributed by atoms with Crippen LogP contribution in [-0.2, 0) is 31.4 Å². The van der Waals surface area contributed by atoms with Gasteiger partial charge in [0.25, 0.3) is 0 Å². The Morgan fingerprint density at radius 1 is 0.857 bits per heavy atom. The van der Waals surface area contributed by atoms with Gasteiger partial charge < -0.3 is 8.92 Å². The van der Waals surface area contributed by atoms with E-state index in [9.17, 15) is 21.2 Å². The molecule has 0 fully saturated rings. The van der Waals surface area contributed by atoms with Crippen molar-refractivity contribution in [3.63, 3.8) is 0 Å². The summed E-state index contributed by atoms with van der Waals surface area (Å²) >= 11 is 0. The number of benzene rings is 3. The van der Waals surface area contributed by atoms with Gasteiger partial charge in [-0.1, -0.05) is 29.8 Å². The van der Waals surface area contributed by atoms with E-state index in [0.29, 0.717) is 16.7 Å². The lowest BCUT2D eigenvalue weighted by atomic mass is 10.1. The zero-order valence-corrected chi connectivity index (χ0v) is 21.6. The number of aryl methyl sites for hydroxylation is 3. The summed E-state index contributed by atoms with van der Waals surface area (Å²) in [5, 5.41) is 0. The van der Waals surface area contributed by atoms with Gasteiger partial charge in [0.2, 0.25) is 10.0 Å². The maximum Gasteiger partial charge on any atom is 0.339 e. The Kier molecular flexibility index (Phi) is 8.32. The number of nitrogens with zero attached hydrogens (tertiary/aromatic N) is 1.